The number of fused-ring (bicyclic) bond motifs is 2. The maximum absolute atomic E-state index is 14.4. The lowest BCUT2D eigenvalue weighted by molar-refractivity contribution is -0.112. The second kappa shape index (κ2) is 13.1. The first kappa shape index (κ1) is 28.4. The predicted octanol–water partition coefficient (Wildman–Crippen LogP) is 6.49. The van der Waals surface area contributed by atoms with Crippen molar-refractivity contribution in [3.63, 3.8) is 0 Å². The van der Waals surface area contributed by atoms with E-state index >= 15 is 0 Å². The highest BCUT2D eigenvalue weighted by molar-refractivity contribution is 6.54. The van der Waals surface area contributed by atoms with Crippen molar-refractivity contribution in [2.24, 2.45) is 5.16 Å². The van der Waals surface area contributed by atoms with E-state index in [0.29, 0.717) is 28.1 Å². The molecule has 43 heavy (non-hydrogen) atoms. The average molecular weight is 580 g/mol. The number of anilines is 2. The van der Waals surface area contributed by atoms with Crippen molar-refractivity contribution in [1.82, 2.24) is 0 Å². The van der Waals surface area contributed by atoms with Crippen molar-refractivity contribution >= 4 is 23.0 Å². The fourth-order valence-electron chi connectivity index (χ4n) is 5.90. The summed E-state index contributed by atoms with van der Waals surface area (Å²) in [5.74, 6) is -0.349. The van der Waals surface area contributed by atoms with Crippen LogP contribution in [0.25, 0.3) is 0 Å². The summed E-state index contributed by atoms with van der Waals surface area (Å²) in [5.41, 5.74) is 5.82. The summed E-state index contributed by atoms with van der Waals surface area (Å²) in [7, 11) is 0. The van der Waals surface area contributed by atoms with Crippen LogP contribution in [-0.2, 0) is 35.5 Å². The van der Waals surface area contributed by atoms with Gasteiger partial charge in [0.2, 0.25) is 0 Å². The Kier molecular flexibility index (Phi) is 8.65. The lowest BCUT2D eigenvalue weighted by Gasteiger charge is -2.26. The molecule has 0 spiro atoms. The molecule has 0 aliphatic carbocycles. The number of oxime groups is 1. The summed E-state index contributed by atoms with van der Waals surface area (Å²) in [6.45, 7) is 2.04. The Bertz CT molecular complexity index is 1570. The molecule has 8 heteroatoms. The van der Waals surface area contributed by atoms with E-state index in [-0.39, 0.29) is 25.7 Å². The van der Waals surface area contributed by atoms with E-state index in [4.69, 9.17) is 9.47 Å². The predicted molar refractivity (Wildman–Crippen MR) is 164 cm³/mol. The molecule has 0 fully saturated rings. The highest BCUT2D eigenvalue weighted by Crippen LogP contribution is 2.37. The normalized spacial score (nSPS) is 14.9. The first-order valence-electron chi connectivity index (χ1n) is 14.6. The number of nitrogens with zero attached hydrogens (tertiary/aromatic N) is 3. The van der Waals surface area contributed by atoms with Crippen molar-refractivity contribution in [3.8, 4) is 5.75 Å². The summed E-state index contributed by atoms with van der Waals surface area (Å²) in [5, 5.41) is 13.3. The van der Waals surface area contributed by atoms with Crippen LogP contribution in [-0.4, -0.2) is 36.7 Å². The number of carbonyl (C=O) groups excluding carboxylic acids is 1. The summed E-state index contributed by atoms with van der Waals surface area (Å²) in [6, 6.07) is 29.5. The van der Waals surface area contributed by atoms with E-state index in [2.05, 4.69) is 58.6 Å². The first-order chi connectivity index (χ1) is 21.1. The van der Waals surface area contributed by atoms with Gasteiger partial charge in [-0.05, 0) is 67.1 Å². The Morgan fingerprint density at radius 2 is 1.56 bits per heavy atom. The van der Waals surface area contributed by atoms with E-state index in [1.807, 2.05) is 30.3 Å². The van der Waals surface area contributed by atoms with Crippen molar-refractivity contribution in [3.05, 3.63) is 125 Å². The Morgan fingerprint density at radius 3 is 2.21 bits per heavy atom. The molecule has 1 N–H and O–H groups in total. The summed E-state index contributed by atoms with van der Waals surface area (Å²) in [4.78, 5) is 17.3. The van der Waals surface area contributed by atoms with E-state index in [9.17, 15) is 14.4 Å². The molecule has 0 saturated heterocycles. The molecule has 0 unspecified atom stereocenters. The summed E-state index contributed by atoms with van der Waals surface area (Å²) < 4.78 is 25.4. The fourth-order valence-corrected chi connectivity index (χ4v) is 5.90. The van der Waals surface area contributed by atoms with Crippen LogP contribution in [0.2, 0.25) is 0 Å². The zero-order chi connectivity index (χ0) is 29.6. The van der Waals surface area contributed by atoms with E-state index < -0.39 is 11.7 Å². The topological polar surface area (TPSA) is 74.6 Å². The number of ether oxygens (including phenoxy) is 2. The zero-order valence-electron chi connectivity index (χ0n) is 23.9. The van der Waals surface area contributed by atoms with Crippen LogP contribution < -0.4 is 14.5 Å². The van der Waals surface area contributed by atoms with Crippen LogP contribution in [0.15, 0.2) is 96.2 Å². The Balaban J connectivity index is 1.25. The molecule has 220 valence electrons. The SMILES string of the molecule is O=C1/C(=N\O)c2cc(N(CCCc3ccccc3)CCCc3ccccc3)ccc2N1Cc1cc(F)cc2c1OCOC2. The molecular formula is C35H34FN3O4. The number of hydrogen-bond acceptors (Lipinski definition) is 6. The van der Waals surface area contributed by atoms with Crippen LogP contribution in [0, 0.1) is 5.82 Å². The number of halogens is 1. The van der Waals surface area contributed by atoms with Gasteiger partial charge in [-0.3, -0.25) is 4.79 Å². The number of benzene rings is 4. The van der Waals surface area contributed by atoms with Crippen LogP contribution in [0.4, 0.5) is 15.8 Å². The Morgan fingerprint density at radius 1 is 0.884 bits per heavy atom. The van der Waals surface area contributed by atoms with Crippen molar-refractivity contribution in [2.75, 3.05) is 29.7 Å². The van der Waals surface area contributed by atoms with Crippen LogP contribution >= 0.6 is 0 Å². The summed E-state index contributed by atoms with van der Waals surface area (Å²) >= 11 is 0. The third-order valence-corrected chi connectivity index (χ3v) is 7.99. The minimum Gasteiger partial charge on any atom is -0.467 e. The van der Waals surface area contributed by atoms with Gasteiger partial charge in [0.15, 0.2) is 12.5 Å². The largest absolute Gasteiger partial charge is 0.467 e. The maximum Gasteiger partial charge on any atom is 0.281 e. The molecule has 0 aromatic heterocycles. The fraction of sp³-hybridized carbons (Fsp3) is 0.257. The number of amides is 1. The van der Waals surface area contributed by atoms with Gasteiger partial charge in [0.25, 0.3) is 5.91 Å². The Hall–Kier alpha value is -4.69. The van der Waals surface area contributed by atoms with Gasteiger partial charge in [0.1, 0.15) is 11.6 Å². The lowest BCUT2D eigenvalue weighted by Crippen LogP contribution is -2.30. The number of aryl methyl sites for hydroxylation is 2. The maximum atomic E-state index is 14.4. The molecule has 2 aliphatic heterocycles. The molecule has 0 atom stereocenters. The van der Waals surface area contributed by atoms with E-state index in [0.717, 1.165) is 44.5 Å². The molecular weight excluding hydrogens is 545 g/mol. The lowest BCUT2D eigenvalue weighted by atomic mass is 10.1. The standard InChI is InChI=1S/C35H34FN3O4/c36-29-19-27(34-28(20-29)23-42-24-43-34)22-39-32-16-15-30(21-31(32)33(37-41)35(39)40)38(17-7-13-25-9-3-1-4-10-25)18-8-14-26-11-5-2-6-12-26/h1-6,9-12,15-16,19-21,41H,7-8,13-14,17-18,22-24H2/b37-33-. The van der Waals surface area contributed by atoms with Gasteiger partial charge < -0.3 is 24.5 Å². The van der Waals surface area contributed by atoms with E-state index in [1.165, 1.54) is 28.2 Å². The molecule has 2 heterocycles. The molecule has 0 bridgehead atoms. The van der Waals surface area contributed by atoms with Gasteiger partial charge in [-0.2, -0.15) is 0 Å². The van der Waals surface area contributed by atoms with Gasteiger partial charge in [0.05, 0.1) is 18.8 Å². The molecule has 4 aromatic carbocycles. The smallest absolute Gasteiger partial charge is 0.281 e. The van der Waals surface area contributed by atoms with E-state index in [1.54, 1.807) is 0 Å². The van der Waals surface area contributed by atoms with Crippen molar-refractivity contribution in [2.45, 2.75) is 38.8 Å². The Labute approximate surface area is 250 Å². The van der Waals surface area contributed by atoms with Gasteiger partial charge >= 0.3 is 0 Å². The molecule has 7 nitrogen and oxygen atoms in total. The molecule has 2 aliphatic rings. The molecule has 6 rings (SSSR count). The molecule has 4 aromatic rings. The van der Waals surface area contributed by atoms with Gasteiger partial charge in [-0.25, -0.2) is 4.39 Å². The second-order valence-corrected chi connectivity index (χ2v) is 10.9. The highest BCUT2D eigenvalue weighted by atomic mass is 19.1. The van der Waals surface area contributed by atoms with Crippen LogP contribution in [0.5, 0.6) is 5.75 Å². The first-order valence-corrected chi connectivity index (χ1v) is 14.6. The number of hydrogen-bond donors (Lipinski definition) is 1. The average Bonchev–Trinajstić information content (AvgIpc) is 3.30. The zero-order valence-corrected chi connectivity index (χ0v) is 23.9. The number of carbonyl (C=O) groups is 1. The van der Waals surface area contributed by atoms with Crippen molar-refractivity contribution in [1.29, 1.82) is 0 Å². The quantitative estimate of drug-likeness (QED) is 0.162. The molecule has 0 saturated carbocycles. The minimum absolute atomic E-state index is 0.0279. The second-order valence-electron chi connectivity index (χ2n) is 10.9. The van der Waals surface area contributed by atoms with Gasteiger partial charge in [0, 0.05) is 35.5 Å². The van der Waals surface area contributed by atoms with Crippen molar-refractivity contribution < 1.29 is 23.9 Å². The van der Waals surface area contributed by atoms with Crippen LogP contribution in [0.3, 0.4) is 0 Å². The van der Waals surface area contributed by atoms with Gasteiger partial charge in [-0.1, -0.05) is 65.8 Å². The highest BCUT2D eigenvalue weighted by Gasteiger charge is 2.36. The van der Waals surface area contributed by atoms with Crippen LogP contribution in [0.1, 0.15) is 40.7 Å². The third-order valence-electron chi connectivity index (χ3n) is 7.99. The van der Waals surface area contributed by atoms with Gasteiger partial charge in [-0.15, -0.1) is 0 Å². The monoisotopic (exact) mass is 579 g/mol. The third kappa shape index (κ3) is 6.39. The molecule has 0 radical (unpaired) electrons. The number of rotatable bonds is 11. The minimum atomic E-state index is -0.445. The molecule has 1 amide bonds. The summed E-state index contributed by atoms with van der Waals surface area (Å²) in [6.07, 6.45) is 3.85.